The Hall–Kier alpha value is -3.42. The Kier molecular flexibility index (Phi) is 6.12. The fraction of sp³-hybridized carbons (Fsp3) is 0.417. The molecule has 1 aromatic carbocycles. The largest absolute Gasteiger partial charge is 0.462 e. The first-order valence-electron chi connectivity index (χ1n) is 10.9. The molecule has 8 nitrogen and oxygen atoms in total. The monoisotopic (exact) mass is 436 g/mol. The van der Waals surface area contributed by atoms with Gasteiger partial charge in [-0.3, -0.25) is 4.79 Å². The molecule has 0 unspecified atom stereocenters. The number of piperidine rings is 1. The zero-order valence-corrected chi connectivity index (χ0v) is 18.9. The zero-order chi connectivity index (χ0) is 22.8. The molecular formula is C24H28N4O4. The molecule has 32 heavy (non-hydrogen) atoms. The molecule has 1 N–H and O–H groups in total. The highest BCUT2D eigenvalue weighted by Gasteiger charge is 2.29. The van der Waals surface area contributed by atoms with Crippen LogP contribution >= 0.6 is 0 Å². The second-order valence-electron chi connectivity index (χ2n) is 8.13. The lowest BCUT2D eigenvalue weighted by atomic mass is 9.96. The first kappa shape index (κ1) is 21.8. The summed E-state index contributed by atoms with van der Waals surface area (Å²) in [5.74, 6) is 1.73. The number of benzene rings is 1. The number of hydrogen-bond acceptors (Lipinski definition) is 7. The van der Waals surface area contributed by atoms with E-state index in [4.69, 9.17) is 14.1 Å². The number of carbonyl (C=O) groups excluding carboxylic acids is 2. The Balaban J connectivity index is 1.49. The minimum absolute atomic E-state index is 0.0410. The Bertz CT molecular complexity index is 1150. The van der Waals surface area contributed by atoms with Crippen LogP contribution in [0.25, 0.3) is 11.1 Å². The van der Waals surface area contributed by atoms with Crippen LogP contribution < -0.4 is 10.2 Å². The topological polar surface area (TPSA) is 97.6 Å². The average molecular weight is 437 g/mol. The minimum atomic E-state index is -0.371. The van der Waals surface area contributed by atoms with Gasteiger partial charge in [-0.05, 0) is 64.8 Å². The van der Waals surface area contributed by atoms with Gasteiger partial charge in [-0.25, -0.2) is 9.78 Å². The van der Waals surface area contributed by atoms with Gasteiger partial charge in [0, 0.05) is 24.3 Å². The van der Waals surface area contributed by atoms with E-state index in [1.807, 2.05) is 20.8 Å². The molecule has 1 aliphatic rings. The van der Waals surface area contributed by atoms with Gasteiger partial charge in [0.05, 0.1) is 23.5 Å². The van der Waals surface area contributed by atoms with Crippen LogP contribution in [-0.4, -0.2) is 41.5 Å². The van der Waals surface area contributed by atoms with Gasteiger partial charge in [0.15, 0.2) is 0 Å². The number of aromatic nitrogens is 2. The van der Waals surface area contributed by atoms with E-state index in [0.717, 1.165) is 41.9 Å². The van der Waals surface area contributed by atoms with E-state index >= 15 is 0 Å². The van der Waals surface area contributed by atoms with E-state index in [1.54, 1.807) is 31.2 Å². The molecule has 1 fully saturated rings. The number of rotatable bonds is 5. The van der Waals surface area contributed by atoms with Crippen molar-refractivity contribution in [2.45, 2.75) is 40.5 Å². The van der Waals surface area contributed by atoms with E-state index in [-0.39, 0.29) is 17.8 Å². The number of nitrogens with zero attached hydrogens (tertiary/aromatic N) is 3. The Morgan fingerprint density at radius 3 is 2.66 bits per heavy atom. The van der Waals surface area contributed by atoms with Crippen LogP contribution in [0.4, 0.5) is 11.5 Å². The molecule has 0 bridgehead atoms. The van der Waals surface area contributed by atoms with Gasteiger partial charge in [-0.2, -0.15) is 4.98 Å². The average Bonchev–Trinajstić information content (AvgIpc) is 3.07. The van der Waals surface area contributed by atoms with Crippen molar-refractivity contribution in [2.75, 3.05) is 29.9 Å². The third-order valence-electron chi connectivity index (χ3n) is 5.88. The maximum absolute atomic E-state index is 13.0. The molecule has 8 heteroatoms. The molecule has 2 aromatic heterocycles. The van der Waals surface area contributed by atoms with Gasteiger partial charge in [-0.15, -0.1) is 0 Å². The maximum Gasteiger partial charge on any atom is 0.338 e. The highest BCUT2D eigenvalue weighted by Crippen LogP contribution is 2.33. The van der Waals surface area contributed by atoms with Gasteiger partial charge < -0.3 is 19.4 Å². The molecule has 0 radical (unpaired) electrons. The summed E-state index contributed by atoms with van der Waals surface area (Å²) >= 11 is 0. The molecule has 1 aliphatic heterocycles. The van der Waals surface area contributed by atoms with Crippen molar-refractivity contribution in [1.82, 2.24) is 9.97 Å². The van der Waals surface area contributed by atoms with Crippen molar-refractivity contribution < 1.29 is 18.7 Å². The van der Waals surface area contributed by atoms with Crippen molar-refractivity contribution in [2.24, 2.45) is 5.92 Å². The second kappa shape index (κ2) is 8.98. The van der Waals surface area contributed by atoms with Crippen molar-refractivity contribution in [3.8, 4) is 0 Å². The van der Waals surface area contributed by atoms with Crippen molar-refractivity contribution in [3.05, 3.63) is 47.0 Å². The van der Waals surface area contributed by atoms with Crippen molar-refractivity contribution in [1.29, 1.82) is 0 Å². The predicted molar refractivity (Wildman–Crippen MR) is 122 cm³/mol. The number of hydrogen-bond donors (Lipinski definition) is 1. The number of aryl methyl sites for hydroxylation is 3. The molecule has 168 valence electrons. The van der Waals surface area contributed by atoms with Crippen molar-refractivity contribution >= 4 is 34.5 Å². The van der Waals surface area contributed by atoms with Gasteiger partial charge in [-0.1, -0.05) is 0 Å². The lowest BCUT2D eigenvalue weighted by Gasteiger charge is -2.33. The Morgan fingerprint density at radius 2 is 1.94 bits per heavy atom. The van der Waals surface area contributed by atoms with Crippen LogP contribution in [0.15, 0.2) is 28.7 Å². The maximum atomic E-state index is 13.0. The minimum Gasteiger partial charge on any atom is -0.462 e. The third-order valence-corrected chi connectivity index (χ3v) is 5.88. The standard InChI is InChI=1S/C24H28N4O4/c1-5-31-24(30)17-8-10-19(11-9-17)27-22(29)18-7-6-12-28(13-18)21-20-14(2)15(3)32-23(20)26-16(4)25-21/h8-11,18H,5-7,12-13H2,1-4H3,(H,27,29)/t18-/m0/s1. The summed E-state index contributed by atoms with van der Waals surface area (Å²) in [6.45, 7) is 9.28. The number of nitrogens with one attached hydrogen (secondary N) is 1. The highest BCUT2D eigenvalue weighted by atomic mass is 16.5. The van der Waals surface area contributed by atoms with Crippen LogP contribution in [0.1, 0.15) is 47.3 Å². The van der Waals surface area contributed by atoms with Gasteiger partial charge in [0.1, 0.15) is 17.4 Å². The molecule has 1 saturated heterocycles. The quantitative estimate of drug-likeness (QED) is 0.599. The number of amides is 1. The van der Waals surface area contributed by atoms with Gasteiger partial charge >= 0.3 is 5.97 Å². The number of anilines is 2. The predicted octanol–water partition coefficient (Wildman–Crippen LogP) is 4.18. The third kappa shape index (κ3) is 4.30. The normalized spacial score (nSPS) is 16.2. The van der Waals surface area contributed by atoms with E-state index in [9.17, 15) is 9.59 Å². The van der Waals surface area contributed by atoms with Crippen LogP contribution in [0.2, 0.25) is 0 Å². The van der Waals surface area contributed by atoms with E-state index in [2.05, 4.69) is 15.2 Å². The lowest BCUT2D eigenvalue weighted by Crippen LogP contribution is -2.41. The van der Waals surface area contributed by atoms with E-state index in [0.29, 0.717) is 35.9 Å². The lowest BCUT2D eigenvalue weighted by molar-refractivity contribution is -0.120. The van der Waals surface area contributed by atoms with Gasteiger partial charge in [0.2, 0.25) is 11.6 Å². The van der Waals surface area contributed by atoms with Crippen LogP contribution in [0.3, 0.4) is 0 Å². The molecule has 3 aromatic rings. The number of fused-ring (bicyclic) bond motifs is 1. The first-order valence-corrected chi connectivity index (χ1v) is 10.9. The molecular weight excluding hydrogens is 408 g/mol. The summed E-state index contributed by atoms with van der Waals surface area (Å²) in [5.41, 5.74) is 2.74. The molecule has 0 aliphatic carbocycles. The molecule has 3 heterocycles. The molecule has 0 spiro atoms. The second-order valence-corrected chi connectivity index (χ2v) is 8.13. The smallest absolute Gasteiger partial charge is 0.338 e. The molecule has 0 saturated carbocycles. The van der Waals surface area contributed by atoms with E-state index in [1.165, 1.54) is 0 Å². The fourth-order valence-electron chi connectivity index (χ4n) is 4.09. The molecule has 4 rings (SSSR count). The van der Waals surface area contributed by atoms with Crippen LogP contribution in [0, 0.1) is 26.7 Å². The van der Waals surface area contributed by atoms with Crippen LogP contribution in [0.5, 0.6) is 0 Å². The summed E-state index contributed by atoms with van der Waals surface area (Å²) in [5, 5.41) is 3.90. The van der Waals surface area contributed by atoms with E-state index < -0.39 is 0 Å². The zero-order valence-electron chi connectivity index (χ0n) is 18.9. The number of esters is 1. The molecule has 1 atom stereocenters. The van der Waals surface area contributed by atoms with Gasteiger partial charge in [0.25, 0.3) is 0 Å². The summed E-state index contributed by atoms with van der Waals surface area (Å²) in [6, 6.07) is 6.76. The van der Waals surface area contributed by atoms with Crippen LogP contribution in [-0.2, 0) is 9.53 Å². The number of carbonyl (C=O) groups is 2. The summed E-state index contributed by atoms with van der Waals surface area (Å²) in [4.78, 5) is 36.1. The highest BCUT2D eigenvalue weighted by molar-refractivity contribution is 5.95. The SMILES string of the molecule is CCOC(=O)c1ccc(NC(=O)[C@H]2CCCN(c3nc(C)nc4oc(C)c(C)c34)C2)cc1. The number of ether oxygens (including phenoxy) is 1. The Morgan fingerprint density at radius 1 is 1.19 bits per heavy atom. The summed E-state index contributed by atoms with van der Waals surface area (Å²) in [7, 11) is 0. The molecule has 1 amide bonds. The fourth-order valence-corrected chi connectivity index (χ4v) is 4.09. The first-order chi connectivity index (χ1) is 15.4. The summed E-state index contributed by atoms with van der Waals surface area (Å²) < 4.78 is 10.8. The Labute approximate surface area is 187 Å². The van der Waals surface area contributed by atoms with Crippen molar-refractivity contribution in [3.63, 3.8) is 0 Å². The number of furan rings is 1. The summed E-state index contributed by atoms with van der Waals surface area (Å²) in [6.07, 6.45) is 1.69.